The molecular weight excluding hydrogens is 561 g/mol. The van der Waals surface area contributed by atoms with E-state index in [1.165, 1.54) is 18.6 Å². The van der Waals surface area contributed by atoms with Crippen LogP contribution < -0.4 is 0 Å². The van der Waals surface area contributed by atoms with Gasteiger partial charge in [0.15, 0.2) is 0 Å². The predicted octanol–water partition coefficient (Wildman–Crippen LogP) is 6.28. The first kappa shape index (κ1) is 29.0. The van der Waals surface area contributed by atoms with Gasteiger partial charge in [-0.25, -0.2) is 4.39 Å². The molecule has 0 aliphatic heterocycles. The van der Waals surface area contributed by atoms with Crippen molar-refractivity contribution in [1.82, 2.24) is 14.4 Å². The SMILES string of the molecule is COCCCN(CC(=O)N(Cc1cccn1Cc1ccc(F)cc1)C1CCCCC1)C(=O)c1ccc(Br)cc1. The summed E-state index contributed by atoms with van der Waals surface area (Å²) in [4.78, 5) is 31.0. The van der Waals surface area contributed by atoms with E-state index in [-0.39, 0.29) is 30.2 Å². The van der Waals surface area contributed by atoms with Crippen molar-refractivity contribution in [3.63, 3.8) is 0 Å². The van der Waals surface area contributed by atoms with E-state index in [0.717, 1.165) is 41.4 Å². The third kappa shape index (κ3) is 8.26. The topological polar surface area (TPSA) is 54.8 Å². The van der Waals surface area contributed by atoms with Crippen molar-refractivity contribution >= 4 is 27.7 Å². The number of carbonyl (C=O) groups is 2. The van der Waals surface area contributed by atoms with Crippen LogP contribution in [0.5, 0.6) is 0 Å². The van der Waals surface area contributed by atoms with Gasteiger partial charge in [-0.15, -0.1) is 0 Å². The minimum Gasteiger partial charge on any atom is -0.385 e. The Balaban J connectivity index is 1.54. The van der Waals surface area contributed by atoms with E-state index >= 15 is 0 Å². The monoisotopic (exact) mass is 597 g/mol. The zero-order valence-corrected chi connectivity index (χ0v) is 24.1. The van der Waals surface area contributed by atoms with Crippen molar-refractivity contribution in [1.29, 1.82) is 0 Å². The zero-order valence-electron chi connectivity index (χ0n) is 22.5. The Bertz CT molecular complexity index is 1210. The largest absolute Gasteiger partial charge is 0.385 e. The third-order valence-corrected chi connectivity index (χ3v) is 7.87. The van der Waals surface area contributed by atoms with Crippen molar-refractivity contribution in [3.05, 3.63) is 94.0 Å². The molecule has 2 amide bonds. The van der Waals surface area contributed by atoms with Gasteiger partial charge in [-0.05, 0) is 73.4 Å². The van der Waals surface area contributed by atoms with Gasteiger partial charge in [0.05, 0.1) is 6.54 Å². The molecule has 4 rings (SSSR count). The molecule has 0 bridgehead atoms. The summed E-state index contributed by atoms with van der Waals surface area (Å²) in [7, 11) is 1.64. The standard InChI is InChI=1S/C31H37BrFN3O3/c1-39-20-6-19-35(31(38)25-12-14-26(32)15-13-25)23-30(37)36(28-7-3-2-4-8-28)22-29-9-5-18-34(29)21-24-10-16-27(33)17-11-24/h5,9-18,28H,2-4,6-8,19-23H2,1H3. The van der Waals surface area contributed by atoms with Crippen LogP contribution in [-0.4, -0.2) is 59.0 Å². The van der Waals surface area contributed by atoms with Crippen LogP contribution in [0.15, 0.2) is 71.3 Å². The van der Waals surface area contributed by atoms with Crippen molar-refractivity contribution < 1.29 is 18.7 Å². The van der Waals surface area contributed by atoms with Crippen molar-refractivity contribution in [2.24, 2.45) is 0 Å². The number of carbonyl (C=O) groups excluding carboxylic acids is 2. The number of halogens is 2. The second kappa shape index (κ2) is 14.4. The summed E-state index contributed by atoms with van der Waals surface area (Å²) in [5, 5.41) is 0. The lowest BCUT2D eigenvalue weighted by Gasteiger charge is -2.36. The molecule has 1 aromatic heterocycles. The van der Waals surface area contributed by atoms with Crippen LogP contribution in [0.1, 0.15) is 60.1 Å². The van der Waals surface area contributed by atoms with Crippen LogP contribution in [0, 0.1) is 5.82 Å². The molecule has 1 saturated carbocycles. The third-order valence-electron chi connectivity index (χ3n) is 7.34. The van der Waals surface area contributed by atoms with Crippen LogP contribution in [0.2, 0.25) is 0 Å². The first-order chi connectivity index (χ1) is 18.9. The van der Waals surface area contributed by atoms with Gasteiger partial charge in [0.2, 0.25) is 5.91 Å². The second-order valence-corrected chi connectivity index (χ2v) is 11.1. The summed E-state index contributed by atoms with van der Waals surface area (Å²) in [6.45, 7) is 2.04. The fraction of sp³-hybridized carbons (Fsp3) is 0.419. The van der Waals surface area contributed by atoms with Crippen molar-refractivity contribution in [2.45, 2.75) is 57.7 Å². The number of nitrogens with zero attached hydrogens (tertiary/aromatic N) is 3. The Hall–Kier alpha value is -2.97. The summed E-state index contributed by atoms with van der Waals surface area (Å²) in [5.41, 5.74) is 2.57. The molecule has 208 valence electrons. The molecule has 0 radical (unpaired) electrons. The smallest absolute Gasteiger partial charge is 0.254 e. The quantitative estimate of drug-likeness (QED) is 0.231. The fourth-order valence-electron chi connectivity index (χ4n) is 5.20. The highest BCUT2D eigenvalue weighted by molar-refractivity contribution is 9.10. The van der Waals surface area contributed by atoms with E-state index in [1.807, 2.05) is 35.4 Å². The average Bonchev–Trinajstić information content (AvgIpc) is 3.39. The Morgan fingerprint density at radius 3 is 2.44 bits per heavy atom. The van der Waals surface area contributed by atoms with E-state index in [2.05, 4.69) is 20.5 Å². The molecule has 8 heteroatoms. The highest BCUT2D eigenvalue weighted by Crippen LogP contribution is 2.25. The zero-order chi connectivity index (χ0) is 27.6. The summed E-state index contributed by atoms with van der Waals surface area (Å²) in [6, 6.07) is 17.9. The molecule has 1 aliphatic rings. The van der Waals surface area contributed by atoms with Crippen molar-refractivity contribution in [3.8, 4) is 0 Å². The Morgan fingerprint density at radius 1 is 1.03 bits per heavy atom. The molecule has 0 N–H and O–H groups in total. The van der Waals surface area contributed by atoms with Gasteiger partial charge < -0.3 is 19.1 Å². The van der Waals surface area contributed by atoms with Crippen LogP contribution in [-0.2, 0) is 22.6 Å². The minimum absolute atomic E-state index is 0.0216. The first-order valence-electron chi connectivity index (χ1n) is 13.7. The van der Waals surface area contributed by atoms with E-state index in [0.29, 0.717) is 38.2 Å². The number of rotatable bonds is 12. The summed E-state index contributed by atoms with van der Waals surface area (Å²) in [6.07, 6.45) is 7.96. The number of hydrogen-bond donors (Lipinski definition) is 0. The van der Waals surface area contributed by atoms with E-state index in [1.54, 1.807) is 36.3 Å². The molecular formula is C31H37BrFN3O3. The molecule has 39 heavy (non-hydrogen) atoms. The van der Waals surface area contributed by atoms with Gasteiger partial charge in [-0.3, -0.25) is 9.59 Å². The van der Waals surface area contributed by atoms with E-state index < -0.39 is 0 Å². The molecule has 0 unspecified atom stereocenters. The molecule has 1 aliphatic carbocycles. The Morgan fingerprint density at radius 2 is 1.74 bits per heavy atom. The van der Waals surface area contributed by atoms with Crippen LogP contribution in [0.3, 0.4) is 0 Å². The lowest BCUT2D eigenvalue weighted by Crippen LogP contribution is -2.48. The van der Waals surface area contributed by atoms with Gasteiger partial charge in [0.1, 0.15) is 12.4 Å². The average molecular weight is 599 g/mol. The molecule has 6 nitrogen and oxygen atoms in total. The molecule has 1 heterocycles. The normalized spacial score (nSPS) is 13.8. The molecule has 0 saturated heterocycles. The maximum absolute atomic E-state index is 14.0. The molecule has 3 aromatic rings. The van der Waals surface area contributed by atoms with Crippen LogP contribution >= 0.6 is 15.9 Å². The van der Waals surface area contributed by atoms with Crippen molar-refractivity contribution in [2.75, 3.05) is 26.8 Å². The Labute approximate surface area is 238 Å². The fourth-order valence-corrected chi connectivity index (χ4v) is 5.47. The number of benzene rings is 2. The molecule has 1 fully saturated rings. The van der Waals surface area contributed by atoms with Gasteiger partial charge in [0, 0.05) is 54.8 Å². The number of amides is 2. The lowest BCUT2D eigenvalue weighted by atomic mass is 9.94. The number of hydrogen-bond acceptors (Lipinski definition) is 3. The highest BCUT2D eigenvalue weighted by atomic mass is 79.9. The molecule has 0 atom stereocenters. The molecule has 0 spiro atoms. The summed E-state index contributed by atoms with van der Waals surface area (Å²) >= 11 is 3.42. The Kier molecular flexibility index (Phi) is 10.7. The van der Waals surface area contributed by atoms with Crippen LogP contribution in [0.4, 0.5) is 4.39 Å². The van der Waals surface area contributed by atoms with Gasteiger partial charge >= 0.3 is 0 Å². The number of methoxy groups -OCH3 is 1. The lowest BCUT2D eigenvalue weighted by molar-refractivity contribution is -0.135. The summed E-state index contributed by atoms with van der Waals surface area (Å²) in [5.74, 6) is -0.456. The van der Waals surface area contributed by atoms with Gasteiger partial charge in [0.25, 0.3) is 5.91 Å². The van der Waals surface area contributed by atoms with Gasteiger partial charge in [-0.2, -0.15) is 0 Å². The second-order valence-electron chi connectivity index (χ2n) is 10.1. The maximum Gasteiger partial charge on any atom is 0.254 e. The van der Waals surface area contributed by atoms with E-state index in [9.17, 15) is 14.0 Å². The number of ether oxygens (including phenoxy) is 1. The number of aromatic nitrogens is 1. The molecule has 2 aromatic carbocycles. The first-order valence-corrected chi connectivity index (χ1v) is 14.5. The summed E-state index contributed by atoms with van der Waals surface area (Å²) < 4.78 is 21.6. The highest BCUT2D eigenvalue weighted by Gasteiger charge is 2.29. The van der Waals surface area contributed by atoms with E-state index in [4.69, 9.17) is 4.74 Å². The van der Waals surface area contributed by atoms with Gasteiger partial charge in [-0.1, -0.05) is 47.3 Å². The maximum atomic E-state index is 14.0. The minimum atomic E-state index is -0.256. The predicted molar refractivity (Wildman–Crippen MR) is 154 cm³/mol. The van der Waals surface area contributed by atoms with Crippen LogP contribution in [0.25, 0.3) is 0 Å².